The molecule has 6 heteroatoms. The molecule has 3 N–H and O–H groups in total. The molecule has 3 rings (SSSR count). The topological polar surface area (TPSA) is 83.4 Å². The fourth-order valence-corrected chi connectivity index (χ4v) is 3.45. The smallest absolute Gasteiger partial charge is 0.255 e. The summed E-state index contributed by atoms with van der Waals surface area (Å²) in [4.78, 5) is 24.2. The highest BCUT2D eigenvalue weighted by Crippen LogP contribution is 2.22. The van der Waals surface area contributed by atoms with E-state index in [1.54, 1.807) is 19.9 Å². The van der Waals surface area contributed by atoms with E-state index in [9.17, 15) is 9.59 Å². The monoisotopic (exact) mass is 369 g/mol. The van der Waals surface area contributed by atoms with Crippen LogP contribution >= 0.6 is 0 Å². The maximum atomic E-state index is 12.1. The second-order valence-corrected chi connectivity index (χ2v) is 7.11. The maximum absolute atomic E-state index is 12.1. The Kier molecular flexibility index (Phi) is 6.16. The lowest BCUT2D eigenvalue weighted by atomic mass is 9.95. The first kappa shape index (κ1) is 19.0. The maximum Gasteiger partial charge on any atom is 0.255 e. The quantitative estimate of drug-likeness (QED) is 0.718. The van der Waals surface area contributed by atoms with E-state index in [1.807, 2.05) is 24.3 Å². The number of amides is 2. The molecule has 0 radical (unpaired) electrons. The predicted octanol–water partition coefficient (Wildman–Crippen LogP) is 4.01. The van der Waals surface area contributed by atoms with Gasteiger partial charge < -0.3 is 20.4 Å². The zero-order chi connectivity index (χ0) is 19.2. The third-order valence-corrected chi connectivity index (χ3v) is 4.84. The lowest BCUT2D eigenvalue weighted by Gasteiger charge is -2.23. The van der Waals surface area contributed by atoms with Crippen molar-refractivity contribution in [1.29, 1.82) is 0 Å². The third-order valence-electron chi connectivity index (χ3n) is 4.84. The summed E-state index contributed by atoms with van der Waals surface area (Å²) in [5, 5.41) is 8.96. The molecule has 1 aliphatic carbocycles. The molecule has 0 aliphatic heterocycles. The highest BCUT2D eigenvalue weighted by Gasteiger charge is 2.15. The van der Waals surface area contributed by atoms with E-state index in [2.05, 4.69) is 16.0 Å². The summed E-state index contributed by atoms with van der Waals surface area (Å²) in [5.74, 6) is 0.635. The van der Waals surface area contributed by atoms with E-state index in [0.717, 1.165) is 5.69 Å². The third kappa shape index (κ3) is 5.36. The molecule has 6 nitrogen and oxygen atoms in total. The van der Waals surface area contributed by atoms with Gasteiger partial charge in [-0.05, 0) is 57.0 Å². The minimum absolute atomic E-state index is 0.0927. The molecule has 0 spiro atoms. The number of carbonyl (C=O) groups excluding carboxylic acids is 2. The van der Waals surface area contributed by atoms with Crippen LogP contribution in [-0.2, 0) is 4.79 Å². The van der Waals surface area contributed by atoms with Crippen LogP contribution in [0.25, 0.3) is 0 Å². The predicted molar refractivity (Wildman–Crippen MR) is 106 cm³/mol. The molecule has 1 heterocycles. The number of benzene rings is 1. The Bertz CT molecular complexity index is 790. The number of nitrogens with one attached hydrogen (secondary N) is 3. The Labute approximate surface area is 159 Å². The first-order valence-electron chi connectivity index (χ1n) is 9.53. The second-order valence-electron chi connectivity index (χ2n) is 7.11. The number of hydrogen-bond acceptors (Lipinski definition) is 4. The molecule has 0 atom stereocenters. The molecule has 27 heavy (non-hydrogen) atoms. The van der Waals surface area contributed by atoms with E-state index >= 15 is 0 Å². The summed E-state index contributed by atoms with van der Waals surface area (Å²) in [6.45, 7) is 3.42. The lowest BCUT2D eigenvalue weighted by Crippen LogP contribution is -2.32. The van der Waals surface area contributed by atoms with E-state index in [1.165, 1.54) is 32.1 Å². The summed E-state index contributed by atoms with van der Waals surface area (Å²) in [7, 11) is 0. The van der Waals surface area contributed by atoms with Crippen molar-refractivity contribution in [2.75, 3.05) is 17.2 Å². The van der Waals surface area contributed by atoms with Crippen LogP contribution in [0.2, 0.25) is 0 Å². The normalized spacial score (nSPS) is 14.6. The van der Waals surface area contributed by atoms with Gasteiger partial charge >= 0.3 is 0 Å². The van der Waals surface area contributed by atoms with Gasteiger partial charge in [0, 0.05) is 17.4 Å². The van der Waals surface area contributed by atoms with Gasteiger partial charge in [-0.15, -0.1) is 0 Å². The summed E-state index contributed by atoms with van der Waals surface area (Å²) in [6, 6.07) is 9.90. The van der Waals surface area contributed by atoms with Crippen molar-refractivity contribution >= 4 is 23.2 Å². The summed E-state index contributed by atoms with van der Waals surface area (Å²) in [6.07, 6.45) is 6.34. The standard InChI is InChI=1S/C21H27N3O3/c1-14-12-19(15(2)27-14)21(26)22-13-20(25)24-18-10-8-17(9-11-18)23-16-6-4-3-5-7-16/h8-12,16,23H,3-7,13H2,1-2H3,(H,22,26)(H,24,25). The van der Waals surface area contributed by atoms with E-state index < -0.39 is 0 Å². The number of carbonyl (C=O) groups is 2. The molecule has 0 bridgehead atoms. The van der Waals surface area contributed by atoms with Crippen molar-refractivity contribution in [2.24, 2.45) is 0 Å². The molecular weight excluding hydrogens is 342 g/mol. The molecule has 1 aromatic heterocycles. The summed E-state index contributed by atoms with van der Waals surface area (Å²) in [5.41, 5.74) is 2.23. The SMILES string of the molecule is Cc1cc(C(=O)NCC(=O)Nc2ccc(NC3CCCCC3)cc2)c(C)o1. The average molecular weight is 369 g/mol. The first-order valence-corrected chi connectivity index (χ1v) is 9.53. The van der Waals surface area contributed by atoms with Crippen molar-refractivity contribution < 1.29 is 14.0 Å². The Morgan fingerprint density at radius 1 is 1.04 bits per heavy atom. The van der Waals surface area contributed by atoms with Gasteiger partial charge in [-0.1, -0.05) is 19.3 Å². The van der Waals surface area contributed by atoms with Crippen LogP contribution in [0, 0.1) is 13.8 Å². The van der Waals surface area contributed by atoms with Crippen LogP contribution < -0.4 is 16.0 Å². The molecular formula is C21H27N3O3. The minimum atomic E-state index is -0.313. The molecule has 1 aromatic carbocycles. The van der Waals surface area contributed by atoms with Crippen molar-refractivity contribution in [3.05, 3.63) is 47.4 Å². The van der Waals surface area contributed by atoms with Gasteiger partial charge in [0.05, 0.1) is 12.1 Å². The summed E-state index contributed by atoms with van der Waals surface area (Å²) < 4.78 is 5.34. The summed E-state index contributed by atoms with van der Waals surface area (Å²) >= 11 is 0. The zero-order valence-corrected chi connectivity index (χ0v) is 15.9. The van der Waals surface area contributed by atoms with Crippen molar-refractivity contribution in [3.63, 3.8) is 0 Å². The highest BCUT2D eigenvalue weighted by molar-refractivity contribution is 5.99. The van der Waals surface area contributed by atoms with Crippen molar-refractivity contribution in [2.45, 2.75) is 52.0 Å². The van der Waals surface area contributed by atoms with Crippen LogP contribution in [0.3, 0.4) is 0 Å². The van der Waals surface area contributed by atoms with E-state index in [-0.39, 0.29) is 18.4 Å². The van der Waals surface area contributed by atoms with E-state index in [0.29, 0.717) is 28.8 Å². The lowest BCUT2D eigenvalue weighted by molar-refractivity contribution is -0.115. The molecule has 2 aromatic rings. The van der Waals surface area contributed by atoms with Gasteiger partial charge in [0.2, 0.25) is 5.91 Å². The van der Waals surface area contributed by atoms with Crippen molar-refractivity contribution in [1.82, 2.24) is 5.32 Å². The van der Waals surface area contributed by atoms with Crippen LogP contribution in [0.4, 0.5) is 11.4 Å². The van der Waals surface area contributed by atoms with Crippen LogP contribution in [0.5, 0.6) is 0 Å². The number of rotatable bonds is 6. The number of aryl methyl sites for hydroxylation is 2. The van der Waals surface area contributed by atoms with Gasteiger partial charge in [0.1, 0.15) is 11.5 Å². The zero-order valence-electron chi connectivity index (χ0n) is 15.9. The van der Waals surface area contributed by atoms with Crippen LogP contribution in [0.1, 0.15) is 54.0 Å². The average Bonchev–Trinajstić information content (AvgIpc) is 3.00. The molecule has 0 unspecified atom stereocenters. The Morgan fingerprint density at radius 2 is 1.70 bits per heavy atom. The molecule has 144 valence electrons. The molecule has 0 saturated heterocycles. The number of furan rings is 1. The Balaban J connectivity index is 1.46. The molecule has 1 fully saturated rings. The molecule has 2 amide bonds. The van der Waals surface area contributed by atoms with Gasteiger partial charge in [-0.2, -0.15) is 0 Å². The Hall–Kier alpha value is -2.76. The van der Waals surface area contributed by atoms with Crippen LogP contribution in [-0.4, -0.2) is 24.4 Å². The van der Waals surface area contributed by atoms with Gasteiger partial charge in [0.15, 0.2) is 0 Å². The molecule has 1 aliphatic rings. The van der Waals surface area contributed by atoms with Gasteiger partial charge in [0.25, 0.3) is 5.91 Å². The minimum Gasteiger partial charge on any atom is -0.466 e. The van der Waals surface area contributed by atoms with Crippen molar-refractivity contribution in [3.8, 4) is 0 Å². The Morgan fingerprint density at radius 3 is 2.33 bits per heavy atom. The van der Waals surface area contributed by atoms with Gasteiger partial charge in [-0.25, -0.2) is 0 Å². The molecule has 1 saturated carbocycles. The van der Waals surface area contributed by atoms with E-state index in [4.69, 9.17) is 4.42 Å². The first-order chi connectivity index (χ1) is 13.0. The number of hydrogen-bond donors (Lipinski definition) is 3. The number of anilines is 2. The highest BCUT2D eigenvalue weighted by atomic mass is 16.3. The fraction of sp³-hybridized carbons (Fsp3) is 0.429. The largest absolute Gasteiger partial charge is 0.466 e. The van der Waals surface area contributed by atoms with Gasteiger partial charge in [-0.3, -0.25) is 9.59 Å². The fourth-order valence-electron chi connectivity index (χ4n) is 3.45. The second kappa shape index (κ2) is 8.75. The van der Waals surface area contributed by atoms with Crippen LogP contribution in [0.15, 0.2) is 34.7 Å².